The van der Waals surface area contributed by atoms with Crippen LogP contribution >= 0.6 is 0 Å². The molecule has 1 N–H and O–H groups in total. The maximum Gasteiger partial charge on any atom is 0.323 e. The van der Waals surface area contributed by atoms with Crippen molar-refractivity contribution in [3.05, 3.63) is 0 Å². The number of likely N-dealkylation sites (N-methyl/N-ethyl adjacent to an activating group) is 1. The molecule has 0 rings (SSSR count). The van der Waals surface area contributed by atoms with E-state index in [1.54, 1.807) is 0 Å². The zero-order valence-corrected chi connectivity index (χ0v) is 11.3. The Morgan fingerprint density at radius 3 is 2.19 bits per heavy atom. The van der Waals surface area contributed by atoms with Crippen LogP contribution in [0.15, 0.2) is 0 Å². The second kappa shape index (κ2) is 7.66. The number of unbranched alkanes of at least 4 members (excludes halogenated alkanes) is 4. The molecular formula is C13H27NO2. The van der Waals surface area contributed by atoms with Gasteiger partial charge in [-0.3, -0.25) is 9.69 Å². The molecule has 0 aliphatic rings. The fourth-order valence-electron chi connectivity index (χ4n) is 1.88. The Morgan fingerprint density at radius 2 is 1.75 bits per heavy atom. The molecule has 0 heterocycles. The van der Waals surface area contributed by atoms with Crippen LogP contribution in [-0.4, -0.2) is 35.1 Å². The van der Waals surface area contributed by atoms with Gasteiger partial charge in [0.15, 0.2) is 0 Å². The molecule has 1 atom stereocenters. The highest BCUT2D eigenvalue weighted by atomic mass is 16.4. The number of carbonyl (C=O) groups is 1. The third kappa shape index (κ3) is 4.52. The molecule has 0 aliphatic heterocycles. The van der Waals surface area contributed by atoms with Crippen molar-refractivity contribution in [1.82, 2.24) is 4.90 Å². The second-order valence-electron chi connectivity index (χ2n) is 4.76. The number of hydrogen-bond donors (Lipinski definition) is 1. The molecule has 0 spiro atoms. The quantitative estimate of drug-likeness (QED) is 0.617. The topological polar surface area (TPSA) is 40.5 Å². The molecule has 0 saturated heterocycles. The first kappa shape index (κ1) is 15.4. The minimum absolute atomic E-state index is 0.693. The molecule has 0 saturated carbocycles. The Bertz CT molecular complexity index is 206. The zero-order chi connectivity index (χ0) is 12.6. The predicted octanol–water partition coefficient (Wildman–Crippen LogP) is 3.14. The van der Waals surface area contributed by atoms with E-state index in [1.807, 2.05) is 25.8 Å². The first-order chi connectivity index (χ1) is 7.49. The van der Waals surface area contributed by atoms with Gasteiger partial charge in [0.25, 0.3) is 0 Å². The summed E-state index contributed by atoms with van der Waals surface area (Å²) in [4.78, 5) is 13.2. The van der Waals surface area contributed by atoms with Gasteiger partial charge in [0.1, 0.15) is 5.54 Å². The van der Waals surface area contributed by atoms with E-state index >= 15 is 0 Å². The molecule has 3 nitrogen and oxygen atoms in total. The highest BCUT2D eigenvalue weighted by Gasteiger charge is 2.35. The van der Waals surface area contributed by atoms with Gasteiger partial charge in [-0.15, -0.1) is 0 Å². The lowest BCUT2D eigenvalue weighted by Gasteiger charge is -2.34. The smallest absolute Gasteiger partial charge is 0.323 e. The van der Waals surface area contributed by atoms with Crippen molar-refractivity contribution < 1.29 is 9.90 Å². The first-order valence-electron chi connectivity index (χ1n) is 6.43. The Morgan fingerprint density at radius 1 is 1.19 bits per heavy atom. The number of carboxylic acids is 1. The monoisotopic (exact) mass is 229 g/mol. The minimum Gasteiger partial charge on any atom is -0.480 e. The number of rotatable bonds is 9. The molecule has 1 unspecified atom stereocenters. The van der Waals surface area contributed by atoms with Crippen LogP contribution in [0, 0.1) is 0 Å². The fourth-order valence-corrected chi connectivity index (χ4v) is 1.88. The van der Waals surface area contributed by atoms with E-state index in [9.17, 15) is 9.90 Å². The lowest BCUT2D eigenvalue weighted by molar-refractivity contribution is -0.150. The lowest BCUT2D eigenvalue weighted by Crippen LogP contribution is -2.50. The van der Waals surface area contributed by atoms with E-state index in [4.69, 9.17) is 0 Å². The van der Waals surface area contributed by atoms with Crippen molar-refractivity contribution in [2.24, 2.45) is 0 Å². The van der Waals surface area contributed by atoms with Crippen LogP contribution in [0.5, 0.6) is 0 Å². The number of nitrogens with zero attached hydrogens (tertiary/aromatic N) is 1. The molecular weight excluding hydrogens is 202 g/mol. The Labute approximate surface area is 99.8 Å². The van der Waals surface area contributed by atoms with Crippen LogP contribution in [-0.2, 0) is 4.79 Å². The molecule has 0 fully saturated rings. The van der Waals surface area contributed by atoms with Crippen molar-refractivity contribution in [2.45, 2.75) is 64.8 Å². The predicted molar refractivity (Wildman–Crippen MR) is 67.7 cm³/mol. The van der Waals surface area contributed by atoms with Crippen molar-refractivity contribution in [2.75, 3.05) is 13.6 Å². The molecule has 0 aromatic rings. The highest BCUT2D eigenvalue weighted by Crippen LogP contribution is 2.22. The summed E-state index contributed by atoms with van der Waals surface area (Å²) in [5.74, 6) is -0.702. The van der Waals surface area contributed by atoms with E-state index in [0.717, 1.165) is 25.8 Å². The summed E-state index contributed by atoms with van der Waals surface area (Å²) in [7, 11) is 1.89. The first-order valence-corrected chi connectivity index (χ1v) is 6.43. The minimum atomic E-state index is -0.702. The van der Waals surface area contributed by atoms with Gasteiger partial charge in [-0.2, -0.15) is 0 Å². The van der Waals surface area contributed by atoms with Crippen LogP contribution in [0.25, 0.3) is 0 Å². The molecule has 3 heteroatoms. The van der Waals surface area contributed by atoms with Crippen LogP contribution in [0.1, 0.15) is 59.3 Å². The molecule has 16 heavy (non-hydrogen) atoms. The summed E-state index contributed by atoms with van der Waals surface area (Å²) in [6, 6.07) is 0. The highest BCUT2D eigenvalue weighted by molar-refractivity contribution is 5.78. The maximum atomic E-state index is 11.3. The summed E-state index contributed by atoms with van der Waals surface area (Å²) in [5.41, 5.74) is -0.693. The van der Waals surface area contributed by atoms with E-state index in [2.05, 4.69) is 6.92 Å². The van der Waals surface area contributed by atoms with Crippen LogP contribution in [0.4, 0.5) is 0 Å². The van der Waals surface area contributed by atoms with Crippen LogP contribution in [0.3, 0.4) is 0 Å². The molecule has 0 aromatic heterocycles. The van der Waals surface area contributed by atoms with Crippen molar-refractivity contribution in [3.8, 4) is 0 Å². The fraction of sp³-hybridized carbons (Fsp3) is 0.923. The van der Waals surface area contributed by atoms with Gasteiger partial charge in [-0.25, -0.2) is 0 Å². The van der Waals surface area contributed by atoms with Crippen molar-refractivity contribution >= 4 is 5.97 Å². The summed E-state index contributed by atoms with van der Waals surface area (Å²) in [5, 5.41) is 9.30. The molecule has 0 radical (unpaired) electrons. The zero-order valence-electron chi connectivity index (χ0n) is 11.3. The summed E-state index contributed by atoms with van der Waals surface area (Å²) >= 11 is 0. The normalized spacial score (nSPS) is 15.1. The second-order valence-corrected chi connectivity index (χ2v) is 4.76. The van der Waals surface area contributed by atoms with Gasteiger partial charge in [0, 0.05) is 0 Å². The maximum absolute atomic E-state index is 11.3. The van der Waals surface area contributed by atoms with Crippen molar-refractivity contribution in [1.29, 1.82) is 0 Å². The molecule has 0 amide bonds. The lowest BCUT2D eigenvalue weighted by atomic mass is 9.92. The molecule has 0 aromatic carbocycles. The standard InChI is InChI=1S/C13H27NO2/c1-5-7-8-9-10-11-13(3,12(15)16)14(4)6-2/h5-11H2,1-4H3,(H,15,16). The number of aliphatic carboxylic acids is 1. The third-order valence-electron chi connectivity index (χ3n) is 3.54. The number of hydrogen-bond acceptors (Lipinski definition) is 2. The van der Waals surface area contributed by atoms with Gasteiger partial charge in [-0.1, -0.05) is 46.0 Å². The Balaban J connectivity index is 4.09. The Hall–Kier alpha value is -0.570. The van der Waals surface area contributed by atoms with Crippen LogP contribution < -0.4 is 0 Å². The molecule has 96 valence electrons. The van der Waals surface area contributed by atoms with Crippen molar-refractivity contribution in [3.63, 3.8) is 0 Å². The molecule has 0 bridgehead atoms. The Kier molecular flexibility index (Phi) is 7.39. The largest absolute Gasteiger partial charge is 0.480 e. The summed E-state index contributed by atoms with van der Waals surface area (Å²) in [6.07, 6.45) is 6.61. The van der Waals surface area contributed by atoms with Gasteiger partial charge in [-0.05, 0) is 26.9 Å². The van der Waals surface area contributed by atoms with Crippen LogP contribution in [0.2, 0.25) is 0 Å². The number of carboxylic acid groups (broad SMARTS) is 1. The van der Waals surface area contributed by atoms with Gasteiger partial charge in [0.05, 0.1) is 0 Å². The van der Waals surface area contributed by atoms with E-state index < -0.39 is 11.5 Å². The summed E-state index contributed by atoms with van der Waals surface area (Å²) < 4.78 is 0. The van der Waals surface area contributed by atoms with Gasteiger partial charge in [0.2, 0.25) is 0 Å². The van der Waals surface area contributed by atoms with Gasteiger partial charge < -0.3 is 5.11 Å². The average molecular weight is 229 g/mol. The third-order valence-corrected chi connectivity index (χ3v) is 3.54. The van der Waals surface area contributed by atoms with E-state index in [0.29, 0.717) is 0 Å². The molecule has 0 aliphatic carbocycles. The summed E-state index contributed by atoms with van der Waals surface area (Å²) in [6.45, 7) is 6.79. The van der Waals surface area contributed by atoms with E-state index in [-0.39, 0.29) is 0 Å². The van der Waals surface area contributed by atoms with Gasteiger partial charge >= 0.3 is 5.97 Å². The average Bonchev–Trinajstić information content (AvgIpc) is 2.27. The SMILES string of the molecule is CCCCCCCC(C)(C(=O)O)N(C)CC. The van der Waals surface area contributed by atoms with E-state index in [1.165, 1.54) is 19.3 Å².